The Bertz CT molecular complexity index is 2440. The molecule has 40 heavy (non-hydrogen) atoms. The summed E-state index contributed by atoms with van der Waals surface area (Å²) < 4.78 is 2.73. The Balaban J connectivity index is 1.43. The summed E-state index contributed by atoms with van der Waals surface area (Å²) in [6, 6.07) is 38.3. The quantitative estimate of drug-likeness (QED) is 0.187. The van der Waals surface area contributed by atoms with Crippen LogP contribution in [-0.4, -0.2) is 0 Å². The maximum Gasteiger partial charge on any atom is 0.0434 e. The zero-order valence-electron chi connectivity index (χ0n) is 22.5. The van der Waals surface area contributed by atoms with Gasteiger partial charge in [-0.1, -0.05) is 111 Å². The van der Waals surface area contributed by atoms with Crippen LogP contribution in [0.3, 0.4) is 0 Å². The van der Waals surface area contributed by atoms with Crippen molar-refractivity contribution >= 4 is 81.0 Å². The number of thiophene rings is 1. The number of hydrogen-bond acceptors (Lipinski definition) is 1. The molecule has 188 valence electrons. The number of fused-ring (bicyclic) bond motifs is 11. The molecule has 0 bridgehead atoms. The van der Waals surface area contributed by atoms with E-state index in [9.17, 15) is 0 Å². The molecule has 1 aromatic heterocycles. The summed E-state index contributed by atoms with van der Waals surface area (Å²) in [5, 5.41) is 13.4. The standard InChI is InChI=1S/C39H26S/c1-39(2)19-18-28(30-15-9-16-31-29-14-7-8-17-36(29)40-38(30)31)35-21-23-20-33-26-12-5-3-10-24(26)25-11-4-6-13-27(25)34(33)22-32(23)37(35)39/h3-22H,1-2H3. The molecule has 1 heteroatoms. The van der Waals surface area contributed by atoms with Crippen LogP contribution in [-0.2, 0) is 0 Å². The van der Waals surface area contributed by atoms with Gasteiger partial charge >= 0.3 is 0 Å². The molecule has 0 amide bonds. The largest absolute Gasteiger partial charge is 0.135 e. The molecule has 0 nitrogen and oxygen atoms in total. The Morgan fingerprint density at radius 2 is 1.15 bits per heavy atom. The van der Waals surface area contributed by atoms with Crippen LogP contribution in [0, 0.1) is 5.41 Å². The van der Waals surface area contributed by atoms with Gasteiger partial charge in [0.05, 0.1) is 0 Å². The highest BCUT2D eigenvalue weighted by Gasteiger charge is 2.32. The minimum Gasteiger partial charge on any atom is -0.135 e. The van der Waals surface area contributed by atoms with Crippen molar-refractivity contribution in [1.29, 1.82) is 0 Å². The van der Waals surface area contributed by atoms with Crippen LogP contribution in [0.5, 0.6) is 0 Å². The summed E-state index contributed by atoms with van der Waals surface area (Å²) in [4.78, 5) is 0. The average Bonchev–Trinajstić information content (AvgIpc) is 3.56. The SMILES string of the molecule is CC1(C)C=CC(c2cccc3c2sc2ccccc23)=C2C=c3cc4c5ccccc5c5ccccc5c4cc3=C21. The van der Waals surface area contributed by atoms with Gasteiger partial charge in [-0.3, -0.25) is 0 Å². The van der Waals surface area contributed by atoms with Gasteiger partial charge in [0.15, 0.2) is 0 Å². The zero-order chi connectivity index (χ0) is 26.6. The second-order valence-corrected chi connectivity index (χ2v) is 12.8. The van der Waals surface area contributed by atoms with Gasteiger partial charge in [0.25, 0.3) is 0 Å². The topological polar surface area (TPSA) is 0 Å². The van der Waals surface area contributed by atoms with Crippen LogP contribution in [0.25, 0.3) is 69.7 Å². The Labute approximate surface area is 236 Å². The van der Waals surface area contributed by atoms with Crippen molar-refractivity contribution in [2.75, 3.05) is 0 Å². The highest BCUT2D eigenvalue weighted by atomic mass is 32.1. The minimum absolute atomic E-state index is 0.0605. The first-order valence-corrected chi connectivity index (χ1v) is 14.8. The smallest absolute Gasteiger partial charge is 0.0434 e. The molecule has 0 fully saturated rings. The fourth-order valence-electron chi connectivity index (χ4n) is 7.24. The molecule has 0 N–H and O–H groups in total. The number of benzene rings is 6. The van der Waals surface area contributed by atoms with E-state index in [-0.39, 0.29) is 5.41 Å². The second kappa shape index (κ2) is 7.81. The summed E-state index contributed by atoms with van der Waals surface area (Å²) in [6.45, 7) is 4.72. The summed E-state index contributed by atoms with van der Waals surface area (Å²) in [5.41, 5.74) is 5.42. The Kier molecular flexibility index (Phi) is 4.37. The lowest BCUT2D eigenvalue weighted by Crippen LogP contribution is -2.28. The molecular formula is C39H26S. The van der Waals surface area contributed by atoms with Crippen LogP contribution < -0.4 is 10.4 Å². The Morgan fingerprint density at radius 3 is 1.88 bits per heavy atom. The Morgan fingerprint density at radius 1 is 0.550 bits per heavy atom. The molecular weight excluding hydrogens is 500 g/mol. The lowest BCUT2D eigenvalue weighted by Gasteiger charge is -2.30. The second-order valence-electron chi connectivity index (χ2n) is 11.8. The van der Waals surface area contributed by atoms with E-state index in [1.54, 1.807) is 0 Å². The molecule has 2 aliphatic rings. The maximum atomic E-state index is 2.48. The molecule has 9 rings (SSSR count). The predicted molar refractivity (Wildman–Crippen MR) is 175 cm³/mol. The van der Waals surface area contributed by atoms with E-state index in [2.05, 4.69) is 135 Å². The summed E-state index contributed by atoms with van der Waals surface area (Å²) in [6.07, 6.45) is 7.25. The summed E-state index contributed by atoms with van der Waals surface area (Å²) in [5.74, 6) is 0. The lowest BCUT2D eigenvalue weighted by atomic mass is 9.74. The van der Waals surface area contributed by atoms with Crippen molar-refractivity contribution in [1.82, 2.24) is 0 Å². The number of allylic oxidation sites excluding steroid dienone is 4. The van der Waals surface area contributed by atoms with Crippen LogP contribution in [0.2, 0.25) is 0 Å². The molecule has 7 aromatic rings. The normalized spacial score (nSPS) is 15.9. The van der Waals surface area contributed by atoms with Crippen LogP contribution in [0.15, 0.2) is 121 Å². The minimum atomic E-state index is -0.0605. The molecule has 0 unspecified atom stereocenters. The number of hydrogen-bond donors (Lipinski definition) is 0. The van der Waals surface area contributed by atoms with Gasteiger partial charge < -0.3 is 0 Å². The molecule has 6 aromatic carbocycles. The van der Waals surface area contributed by atoms with Gasteiger partial charge in [-0.05, 0) is 83.7 Å². The zero-order valence-corrected chi connectivity index (χ0v) is 23.3. The molecule has 0 spiro atoms. The third-order valence-corrected chi connectivity index (χ3v) is 10.3. The van der Waals surface area contributed by atoms with E-state index in [0.29, 0.717) is 0 Å². The van der Waals surface area contributed by atoms with Crippen LogP contribution in [0.1, 0.15) is 19.4 Å². The van der Waals surface area contributed by atoms with Gasteiger partial charge in [-0.2, -0.15) is 0 Å². The van der Waals surface area contributed by atoms with E-state index in [4.69, 9.17) is 0 Å². The highest BCUT2D eigenvalue weighted by Crippen LogP contribution is 2.47. The van der Waals surface area contributed by atoms with E-state index < -0.39 is 0 Å². The van der Waals surface area contributed by atoms with Gasteiger partial charge in [-0.15, -0.1) is 11.3 Å². The van der Waals surface area contributed by atoms with Gasteiger partial charge in [0, 0.05) is 31.2 Å². The van der Waals surface area contributed by atoms with Gasteiger partial charge in [-0.25, -0.2) is 0 Å². The fourth-order valence-corrected chi connectivity index (χ4v) is 8.47. The Hall–Kier alpha value is -4.46. The number of rotatable bonds is 1. The van der Waals surface area contributed by atoms with Crippen LogP contribution >= 0.6 is 11.3 Å². The van der Waals surface area contributed by atoms with Gasteiger partial charge in [0.1, 0.15) is 0 Å². The first-order valence-electron chi connectivity index (χ1n) is 14.0. The first-order chi connectivity index (χ1) is 19.6. The molecule has 0 saturated carbocycles. The van der Waals surface area contributed by atoms with E-state index in [0.717, 1.165) is 0 Å². The maximum absolute atomic E-state index is 2.48. The molecule has 0 saturated heterocycles. The van der Waals surface area contributed by atoms with E-state index >= 15 is 0 Å². The van der Waals surface area contributed by atoms with E-state index in [1.165, 1.54) is 85.2 Å². The molecule has 1 heterocycles. The lowest BCUT2D eigenvalue weighted by molar-refractivity contribution is 0.645. The fraction of sp³-hybridized carbons (Fsp3) is 0.0769. The van der Waals surface area contributed by atoms with Crippen molar-refractivity contribution in [3.8, 4) is 0 Å². The summed E-state index contributed by atoms with van der Waals surface area (Å²) >= 11 is 1.91. The molecule has 0 aliphatic heterocycles. The predicted octanol–water partition coefficient (Wildman–Crippen LogP) is 9.51. The van der Waals surface area contributed by atoms with E-state index in [1.807, 2.05) is 11.3 Å². The van der Waals surface area contributed by atoms with Crippen LogP contribution in [0.4, 0.5) is 0 Å². The van der Waals surface area contributed by atoms with Crippen molar-refractivity contribution in [3.05, 3.63) is 137 Å². The monoisotopic (exact) mass is 526 g/mol. The van der Waals surface area contributed by atoms with Gasteiger partial charge in [0.2, 0.25) is 0 Å². The highest BCUT2D eigenvalue weighted by molar-refractivity contribution is 7.26. The summed E-state index contributed by atoms with van der Waals surface area (Å²) in [7, 11) is 0. The third kappa shape index (κ3) is 2.91. The molecule has 2 aliphatic carbocycles. The van der Waals surface area contributed by atoms with Crippen molar-refractivity contribution < 1.29 is 0 Å². The molecule has 0 radical (unpaired) electrons. The van der Waals surface area contributed by atoms with Crippen molar-refractivity contribution in [2.45, 2.75) is 13.8 Å². The third-order valence-electron chi connectivity index (χ3n) is 9.05. The van der Waals surface area contributed by atoms with Crippen molar-refractivity contribution in [2.24, 2.45) is 5.41 Å². The van der Waals surface area contributed by atoms with Crippen molar-refractivity contribution in [3.63, 3.8) is 0 Å². The average molecular weight is 527 g/mol. The first kappa shape index (κ1) is 22.4. The molecule has 0 atom stereocenters.